The van der Waals surface area contributed by atoms with Crippen molar-refractivity contribution in [3.8, 4) is 5.75 Å². The predicted molar refractivity (Wildman–Crippen MR) is 78.2 cm³/mol. The minimum absolute atomic E-state index is 0.0231. The Morgan fingerprint density at radius 2 is 2.05 bits per heavy atom. The molecule has 1 aromatic rings. The van der Waals surface area contributed by atoms with Crippen LogP contribution in [0.2, 0.25) is 0 Å². The first-order valence-electron chi connectivity index (χ1n) is 7.29. The first-order chi connectivity index (χ1) is 10.2. The Morgan fingerprint density at radius 1 is 1.29 bits per heavy atom. The number of para-hydroxylation sites is 2. The second kappa shape index (κ2) is 6.03. The van der Waals surface area contributed by atoms with Crippen molar-refractivity contribution in [1.82, 2.24) is 10.2 Å². The second-order valence-corrected chi connectivity index (χ2v) is 5.29. The van der Waals surface area contributed by atoms with Crippen LogP contribution in [0.5, 0.6) is 5.75 Å². The molecule has 0 radical (unpaired) electrons. The van der Waals surface area contributed by atoms with E-state index in [4.69, 9.17) is 4.74 Å². The Labute approximate surface area is 123 Å². The molecular weight excluding hydrogens is 270 g/mol. The molecule has 2 aliphatic rings. The standard InChI is InChI=1S/C15H19N3O3/c19-14(18-7-3-4-8-18)10-17-15(20)13-9-16-11-5-1-2-6-12(11)21-13/h1-2,5-6,13,16H,3-4,7-10H2,(H,17,20). The molecule has 1 atom stereocenters. The molecule has 112 valence electrons. The summed E-state index contributed by atoms with van der Waals surface area (Å²) in [7, 11) is 0. The van der Waals surface area contributed by atoms with Crippen molar-refractivity contribution in [2.45, 2.75) is 18.9 Å². The molecular formula is C15H19N3O3. The van der Waals surface area contributed by atoms with Gasteiger partial charge in [-0.05, 0) is 25.0 Å². The summed E-state index contributed by atoms with van der Waals surface area (Å²) >= 11 is 0. The van der Waals surface area contributed by atoms with Crippen LogP contribution in [0, 0.1) is 0 Å². The van der Waals surface area contributed by atoms with Crippen LogP contribution in [0.25, 0.3) is 0 Å². The summed E-state index contributed by atoms with van der Waals surface area (Å²) in [6, 6.07) is 7.49. The number of rotatable bonds is 3. The summed E-state index contributed by atoms with van der Waals surface area (Å²) < 4.78 is 5.65. The van der Waals surface area contributed by atoms with Crippen molar-refractivity contribution in [3.05, 3.63) is 24.3 Å². The van der Waals surface area contributed by atoms with Gasteiger partial charge in [-0.2, -0.15) is 0 Å². The zero-order chi connectivity index (χ0) is 14.7. The van der Waals surface area contributed by atoms with E-state index >= 15 is 0 Å². The van der Waals surface area contributed by atoms with Gasteiger partial charge in [0.1, 0.15) is 5.75 Å². The first-order valence-corrected chi connectivity index (χ1v) is 7.29. The number of carbonyl (C=O) groups excluding carboxylic acids is 2. The van der Waals surface area contributed by atoms with E-state index in [2.05, 4.69) is 10.6 Å². The van der Waals surface area contributed by atoms with Crippen LogP contribution in [0.15, 0.2) is 24.3 Å². The highest BCUT2D eigenvalue weighted by Crippen LogP contribution is 2.28. The first kappa shape index (κ1) is 13.7. The maximum Gasteiger partial charge on any atom is 0.263 e. The molecule has 6 nitrogen and oxygen atoms in total. The molecule has 0 aromatic heterocycles. The van der Waals surface area contributed by atoms with Crippen LogP contribution in [-0.2, 0) is 9.59 Å². The Bertz CT molecular complexity index is 541. The zero-order valence-electron chi connectivity index (χ0n) is 11.8. The van der Waals surface area contributed by atoms with E-state index in [1.165, 1.54) is 0 Å². The number of carbonyl (C=O) groups is 2. The molecule has 2 N–H and O–H groups in total. The quantitative estimate of drug-likeness (QED) is 0.855. The predicted octanol–water partition coefficient (Wildman–Crippen LogP) is 0.598. The van der Waals surface area contributed by atoms with E-state index in [1.54, 1.807) is 4.90 Å². The van der Waals surface area contributed by atoms with Gasteiger partial charge in [0, 0.05) is 13.1 Å². The number of fused-ring (bicyclic) bond motifs is 1. The van der Waals surface area contributed by atoms with Crippen molar-refractivity contribution in [2.24, 2.45) is 0 Å². The molecule has 1 fully saturated rings. The third-order valence-electron chi connectivity index (χ3n) is 3.80. The minimum Gasteiger partial charge on any atom is -0.477 e. The van der Waals surface area contributed by atoms with Gasteiger partial charge in [-0.3, -0.25) is 9.59 Å². The minimum atomic E-state index is -0.605. The van der Waals surface area contributed by atoms with E-state index in [1.807, 2.05) is 24.3 Å². The molecule has 21 heavy (non-hydrogen) atoms. The van der Waals surface area contributed by atoms with Gasteiger partial charge in [-0.1, -0.05) is 12.1 Å². The number of nitrogens with zero attached hydrogens (tertiary/aromatic N) is 1. The molecule has 6 heteroatoms. The average Bonchev–Trinajstić information content (AvgIpc) is 3.06. The summed E-state index contributed by atoms with van der Waals surface area (Å²) in [6.07, 6.45) is 1.49. The Morgan fingerprint density at radius 3 is 2.86 bits per heavy atom. The number of likely N-dealkylation sites (tertiary alicyclic amines) is 1. The van der Waals surface area contributed by atoms with Gasteiger partial charge in [-0.25, -0.2) is 0 Å². The summed E-state index contributed by atoms with van der Waals surface area (Å²) in [6.45, 7) is 2.04. The molecule has 0 aliphatic carbocycles. The maximum atomic E-state index is 12.1. The van der Waals surface area contributed by atoms with Crippen LogP contribution < -0.4 is 15.4 Å². The molecule has 1 aromatic carbocycles. The molecule has 2 aliphatic heterocycles. The van der Waals surface area contributed by atoms with Gasteiger partial charge in [0.15, 0.2) is 6.10 Å². The van der Waals surface area contributed by atoms with Crippen LogP contribution in [0.1, 0.15) is 12.8 Å². The lowest BCUT2D eigenvalue weighted by atomic mass is 10.2. The van der Waals surface area contributed by atoms with E-state index < -0.39 is 6.10 Å². The summed E-state index contributed by atoms with van der Waals surface area (Å²) in [5, 5.41) is 5.82. The molecule has 0 saturated carbocycles. The fourth-order valence-electron chi connectivity index (χ4n) is 2.61. The topological polar surface area (TPSA) is 70.7 Å². The highest BCUT2D eigenvalue weighted by Gasteiger charge is 2.26. The fourth-order valence-corrected chi connectivity index (χ4v) is 2.61. The SMILES string of the molecule is O=C(NCC(=O)N1CCCC1)C1CNc2ccccc2O1. The molecule has 0 spiro atoms. The molecule has 1 saturated heterocycles. The second-order valence-electron chi connectivity index (χ2n) is 5.29. The van der Waals surface area contributed by atoms with Crippen molar-refractivity contribution in [2.75, 3.05) is 31.5 Å². The summed E-state index contributed by atoms with van der Waals surface area (Å²) in [5.41, 5.74) is 0.884. The van der Waals surface area contributed by atoms with Gasteiger partial charge in [0.2, 0.25) is 5.91 Å². The third kappa shape index (κ3) is 3.09. The van der Waals surface area contributed by atoms with E-state index in [-0.39, 0.29) is 18.4 Å². The van der Waals surface area contributed by atoms with Crippen molar-refractivity contribution >= 4 is 17.5 Å². The molecule has 3 rings (SSSR count). The largest absolute Gasteiger partial charge is 0.477 e. The van der Waals surface area contributed by atoms with E-state index in [0.717, 1.165) is 31.6 Å². The van der Waals surface area contributed by atoms with Crippen LogP contribution in [0.3, 0.4) is 0 Å². The molecule has 2 heterocycles. The molecule has 1 unspecified atom stereocenters. The third-order valence-corrected chi connectivity index (χ3v) is 3.80. The Balaban J connectivity index is 1.51. The van der Waals surface area contributed by atoms with Crippen molar-refractivity contribution < 1.29 is 14.3 Å². The lowest BCUT2D eigenvalue weighted by molar-refractivity contribution is -0.134. The van der Waals surface area contributed by atoms with E-state index in [0.29, 0.717) is 12.3 Å². The van der Waals surface area contributed by atoms with Gasteiger partial charge >= 0.3 is 0 Å². The number of hydrogen-bond donors (Lipinski definition) is 2. The zero-order valence-corrected chi connectivity index (χ0v) is 11.8. The van der Waals surface area contributed by atoms with Crippen molar-refractivity contribution in [1.29, 1.82) is 0 Å². The fraction of sp³-hybridized carbons (Fsp3) is 0.467. The van der Waals surface area contributed by atoms with Crippen molar-refractivity contribution in [3.63, 3.8) is 0 Å². The van der Waals surface area contributed by atoms with Gasteiger partial charge in [0.05, 0.1) is 18.8 Å². The highest BCUT2D eigenvalue weighted by atomic mass is 16.5. The van der Waals surface area contributed by atoms with Gasteiger partial charge in [0.25, 0.3) is 5.91 Å². The van der Waals surface area contributed by atoms with Crippen LogP contribution in [-0.4, -0.2) is 49.0 Å². The number of amides is 2. The Hall–Kier alpha value is -2.24. The average molecular weight is 289 g/mol. The van der Waals surface area contributed by atoms with E-state index in [9.17, 15) is 9.59 Å². The maximum absolute atomic E-state index is 12.1. The summed E-state index contributed by atoms with van der Waals surface area (Å²) in [5.74, 6) is 0.379. The summed E-state index contributed by atoms with van der Waals surface area (Å²) in [4.78, 5) is 25.8. The normalized spacial score (nSPS) is 20.2. The number of benzene rings is 1. The molecule has 0 bridgehead atoms. The number of nitrogens with one attached hydrogen (secondary N) is 2. The van der Waals surface area contributed by atoms with Crippen LogP contribution in [0.4, 0.5) is 5.69 Å². The van der Waals surface area contributed by atoms with Crippen LogP contribution >= 0.6 is 0 Å². The monoisotopic (exact) mass is 289 g/mol. The number of ether oxygens (including phenoxy) is 1. The lowest BCUT2D eigenvalue weighted by Crippen LogP contribution is -2.47. The molecule has 2 amide bonds. The smallest absolute Gasteiger partial charge is 0.263 e. The highest BCUT2D eigenvalue weighted by molar-refractivity contribution is 5.88. The van der Waals surface area contributed by atoms with Gasteiger partial charge in [-0.15, -0.1) is 0 Å². The number of anilines is 1. The Kier molecular flexibility index (Phi) is 3.94. The lowest BCUT2D eigenvalue weighted by Gasteiger charge is -2.26. The number of hydrogen-bond acceptors (Lipinski definition) is 4. The van der Waals surface area contributed by atoms with Gasteiger partial charge < -0.3 is 20.3 Å².